The zero-order chi connectivity index (χ0) is 14.9. The van der Waals surface area contributed by atoms with Crippen LogP contribution in [0.5, 0.6) is 0 Å². The number of aromatic nitrogens is 2. The van der Waals surface area contributed by atoms with E-state index in [9.17, 15) is 9.59 Å². The number of carbonyl (C=O) groups excluding carboxylic acids is 1. The molecule has 0 saturated carbocycles. The molecule has 2 atom stereocenters. The Kier molecular flexibility index (Phi) is 4.11. The highest BCUT2D eigenvalue weighted by Gasteiger charge is 2.31. The van der Waals surface area contributed by atoms with E-state index >= 15 is 0 Å². The van der Waals surface area contributed by atoms with Gasteiger partial charge in [-0.2, -0.15) is 5.10 Å². The van der Waals surface area contributed by atoms with Crippen LogP contribution in [0, 0.1) is 19.8 Å². The fourth-order valence-corrected chi connectivity index (χ4v) is 2.75. The molecule has 2 heterocycles. The van der Waals surface area contributed by atoms with Crippen LogP contribution in [-0.4, -0.2) is 44.8 Å². The Labute approximate surface area is 118 Å². The van der Waals surface area contributed by atoms with Crippen molar-refractivity contribution in [3.05, 3.63) is 17.5 Å². The maximum Gasteiger partial charge on any atom is 0.308 e. The molecule has 6 heteroatoms. The Hall–Kier alpha value is -1.85. The Morgan fingerprint density at radius 2 is 2.20 bits per heavy atom. The van der Waals surface area contributed by atoms with Gasteiger partial charge < -0.3 is 10.0 Å². The molecule has 0 bridgehead atoms. The van der Waals surface area contributed by atoms with Crippen LogP contribution in [0.3, 0.4) is 0 Å². The largest absolute Gasteiger partial charge is 0.481 e. The average molecular weight is 279 g/mol. The topological polar surface area (TPSA) is 75.4 Å². The molecule has 1 N–H and O–H groups in total. The van der Waals surface area contributed by atoms with Gasteiger partial charge in [0.05, 0.1) is 17.7 Å². The van der Waals surface area contributed by atoms with Gasteiger partial charge in [-0.1, -0.05) is 0 Å². The molecule has 20 heavy (non-hydrogen) atoms. The van der Waals surface area contributed by atoms with E-state index in [1.165, 1.54) is 0 Å². The Morgan fingerprint density at radius 3 is 2.70 bits per heavy atom. The molecule has 1 amide bonds. The fraction of sp³-hybridized carbons (Fsp3) is 0.643. The summed E-state index contributed by atoms with van der Waals surface area (Å²) < 4.78 is 1.86. The predicted molar refractivity (Wildman–Crippen MR) is 73.4 cm³/mol. The lowest BCUT2D eigenvalue weighted by molar-refractivity contribution is -0.141. The van der Waals surface area contributed by atoms with Crippen LogP contribution in [-0.2, 0) is 9.59 Å². The SMILES string of the molecule is Cc1cc(C)n(C(C)CC(=O)N2CCC(C(=O)O)C2)n1. The molecule has 1 aliphatic heterocycles. The third-order valence-corrected chi connectivity index (χ3v) is 3.82. The number of amides is 1. The highest BCUT2D eigenvalue weighted by atomic mass is 16.4. The Morgan fingerprint density at radius 1 is 1.50 bits per heavy atom. The van der Waals surface area contributed by atoms with Gasteiger partial charge in [-0.05, 0) is 33.3 Å². The molecule has 1 aliphatic rings. The van der Waals surface area contributed by atoms with Gasteiger partial charge in [0.25, 0.3) is 0 Å². The van der Waals surface area contributed by atoms with Crippen molar-refractivity contribution in [1.29, 1.82) is 0 Å². The second kappa shape index (κ2) is 5.64. The molecule has 0 aromatic carbocycles. The summed E-state index contributed by atoms with van der Waals surface area (Å²) in [5.74, 6) is -1.22. The number of carbonyl (C=O) groups is 2. The highest BCUT2D eigenvalue weighted by Crippen LogP contribution is 2.20. The van der Waals surface area contributed by atoms with E-state index in [2.05, 4.69) is 5.10 Å². The summed E-state index contributed by atoms with van der Waals surface area (Å²) in [5, 5.41) is 13.3. The number of rotatable bonds is 4. The molecule has 0 aliphatic carbocycles. The molecule has 2 rings (SSSR count). The summed E-state index contributed by atoms with van der Waals surface area (Å²) in [6.07, 6.45) is 0.906. The molecular weight excluding hydrogens is 258 g/mol. The van der Waals surface area contributed by atoms with Crippen molar-refractivity contribution in [3.63, 3.8) is 0 Å². The Balaban J connectivity index is 1.95. The van der Waals surface area contributed by atoms with Crippen LogP contribution in [0.15, 0.2) is 6.07 Å². The zero-order valence-corrected chi connectivity index (χ0v) is 12.2. The third-order valence-electron chi connectivity index (χ3n) is 3.82. The maximum absolute atomic E-state index is 12.2. The average Bonchev–Trinajstić information content (AvgIpc) is 2.95. The number of hydrogen-bond acceptors (Lipinski definition) is 3. The van der Waals surface area contributed by atoms with Crippen molar-refractivity contribution in [2.45, 2.75) is 39.7 Å². The zero-order valence-electron chi connectivity index (χ0n) is 12.2. The number of nitrogens with zero attached hydrogens (tertiary/aromatic N) is 3. The van der Waals surface area contributed by atoms with Crippen molar-refractivity contribution in [2.24, 2.45) is 5.92 Å². The van der Waals surface area contributed by atoms with Crippen molar-refractivity contribution in [2.75, 3.05) is 13.1 Å². The number of aryl methyl sites for hydroxylation is 2. The van der Waals surface area contributed by atoms with Crippen molar-refractivity contribution < 1.29 is 14.7 Å². The van der Waals surface area contributed by atoms with Crippen LogP contribution in [0.1, 0.15) is 37.2 Å². The lowest BCUT2D eigenvalue weighted by Gasteiger charge is -2.20. The summed E-state index contributed by atoms with van der Waals surface area (Å²) in [6.45, 7) is 6.73. The molecule has 0 spiro atoms. The van der Waals surface area contributed by atoms with Crippen LogP contribution in [0.25, 0.3) is 0 Å². The first-order chi connectivity index (χ1) is 9.38. The van der Waals surface area contributed by atoms with E-state index in [-0.39, 0.29) is 11.9 Å². The van der Waals surface area contributed by atoms with E-state index in [0.717, 1.165) is 11.4 Å². The first-order valence-corrected chi connectivity index (χ1v) is 6.92. The maximum atomic E-state index is 12.2. The van der Waals surface area contributed by atoms with Crippen molar-refractivity contribution in [1.82, 2.24) is 14.7 Å². The fourth-order valence-electron chi connectivity index (χ4n) is 2.75. The van der Waals surface area contributed by atoms with Gasteiger partial charge in [0, 0.05) is 25.2 Å². The number of carboxylic acids is 1. The summed E-state index contributed by atoms with van der Waals surface area (Å²) in [6, 6.07) is 1.97. The highest BCUT2D eigenvalue weighted by molar-refractivity contribution is 5.79. The van der Waals surface area contributed by atoms with Crippen molar-refractivity contribution >= 4 is 11.9 Å². The smallest absolute Gasteiger partial charge is 0.308 e. The van der Waals surface area contributed by atoms with E-state index in [1.807, 2.05) is 31.5 Å². The van der Waals surface area contributed by atoms with E-state index in [0.29, 0.717) is 25.9 Å². The van der Waals surface area contributed by atoms with Crippen LogP contribution in [0.2, 0.25) is 0 Å². The summed E-state index contributed by atoms with van der Waals surface area (Å²) in [7, 11) is 0. The van der Waals surface area contributed by atoms with E-state index in [1.54, 1.807) is 4.90 Å². The number of carboxylic acid groups (broad SMARTS) is 1. The third kappa shape index (κ3) is 3.00. The molecule has 110 valence electrons. The monoisotopic (exact) mass is 279 g/mol. The quantitative estimate of drug-likeness (QED) is 0.903. The summed E-state index contributed by atoms with van der Waals surface area (Å²) in [4.78, 5) is 24.8. The number of likely N-dealkylation sites (tertiary alicyclic amines) is 1. The minimum atomic E-state index is -0.813. The molecular formula is C14H21N3O3. The lowest BCUT2D eigenvalue weighted by Crippen LogP contribution is -2.31. The molecule has 0 radical (unpaired) electrons. The molecule has 1 aromatic heterocycles. The second-order valence-electron chi connectivity index (χ2n) is 5.59. The van der Waals surface area contributed by atoms with Gasteiger partial charge in [-0.25, -0.2) is 0 Å². The van der Waals surface area contributed by atoms with Crippen molar-refractivity contribution in [3.8, 4) is 0 Å². The number of aliphatic carboxylic acids is 1. The first-order valence-electron chi connectivity index (χ1n) is 6.92. The Bertz CT molecular complexity index is 524. The number of hydrogen-bond donors (Lipinski definition) is 1. The predicted octanol–water partition coefficient (Wildman–Crippen LogP) is 1.38. The van der Waals surface area contributed by atoms with E-state index in [4.69, 9.17) is 5.11 Å². The minimum Gasteiger partial charge on any atom is -0.481 e. The normalized spacial score (nSPS) is 20.1. The van der Waals surface area contributed by atoms with Gasteiger partial charge in [0.1, 0.15) is 0 Å². The van der Waals surface area contributed by atoms with Gasteiger partial charge >= 0.3 is 5.97 Å². The summed E-state index contributed by atoms with van der Waals surface area (Å²) >= 11 is 0. The minimum absolute atomic E-state index is 0.00815. The second-order valence-corrected chi connectivity index (χ2v) is 5.59. The molecule has 1 aromatic rings. The van der Waals surface area contributed by atoms with Crippen LogP contribution >= 0.6 is 0 Å². The molecule has 1 fully saturated rings. The standard InChI is InChI=1S/C14H21N3O3/c1-9-6-10(2)17(15-9)11(3)7-13(18)16-5-4-12(8-16)14(19)20/h6,11-12H,4-5,7-8H2,1-3H3,(H,19,20). The van der Waals surface area contributed by atoms with Gasteiger partial charge in [-0.15, -0.1) is 0 Å². The lowest BCUT2D eigenvalue weighted by atomic mass is 10.1. The van der Waals surface area contributed by atoms with Gasteiger partial charge in [0.2, 0.25) is 5.91 Å². The summed E-state index contributed by atoms with van der Waals surface area (Å²) in [5.41, 5.74) is 1.97. The van der Waals surface area contributed by atoms with Gasteiger partial charge in [-0.3, -0.25) is 14.3 Å². The van der Waals surface area contributed by atoms with Crippen LogP contribution in [0.4, 0.5) is 0 Å². The molecule has 1 saturated heterocycles. The first kappa shape index (κ1) is 14.6. The van der Waals surface area contributed by atoms with Crippen LogP contribution < -0.4 is 0 Å². The molecule has 2 unspecified atom stereocenters. The van der Waals surface area contributed by atoms with E-state index < -0.39 is 11.9 Å². The van der Waals surface area contributed by atoms with Gasteiger partial charge in [0.15, 0.2) is 0 Å². The molecule has 6 nitrogen and oxygen atoms in total.